The number of rotatable bonds is 3. The molecule has 1 N–H and O–H groups in total. The van der Waals surface area contributed by atoms with Gasteiger partial charge in [-0.2, -0.15) is 0 Å². The summed E-state index contributed by atoms with van der Waals surface area (Å²) in [5, 5.41) is 3.59. The van der Waals surface area contributed by atoms with Gasteiger partial charge in [0.25, 0.3) is 0 Å². The van der Waals surface area contributed by atoms with Crippen LogP contribution in [0, 0.1) is 5.82 Å². The van der Waals surface area contributed by atoms with Gasteiger partial charge in [0.1, 0.15) is 5.82 Å². The van der Waals surface area contributed by atoms with Gasteiger partial charge in [0, 0.05) is 6.04 Å². The van der Waals surface area contributed by atoms with Gasteiger partial charge in [-0.05, 0) is 49.9 Å². The van der Waals surface area contributed by atoms with E-state index >= 15 is 0 Å². The number of aryl methyl sites for hydroxylation is 1. The minimum Gasteiger partial charge on any atom is -0.314 e. The largest absolute Gasteiger partial charge is 0.314 e. The van der Waals surface area contributed by atoms with E-state index < -0.39 is 0 Å². The van der Waals surface area contributed by atoms with E-state index in [0.717, 1.165) is 13.0 Å². The van der Waals surface area contributed by atoms with Crippen LogP contribution < -0.4 is 5.32 Å². The topological polar surface area (TPSA) is 12.0 Å². The summed E-state index contributed by atoms with van der Waals surface area (Å²) < 4.78 is 12.7. The van der Waals surface area contributed by atoms with Crippen LogP contribution in [0.2, 0.25) is 0 Å². The maximum absolute atomic E-state index is 12.7. The molecule has 0 aliphatic carbocycles. The van der Waals surface area contributed by atoms with E-state index in [1.165, 1.54) is 37.7 Å². The molecule has 1 nitrogen and oxygen atoms in total. The van der Waals surface area contributed by atoms with E-state index in [1.807, 2.05) is 12.1 Å². The predicted octanol–water partition coefficient (Wildman–Crippen LogP) is 3.29. The molecule has 0 spiro atoms. The summed E-state index contributed by atoms with van der Waals surface area (Å²) >= 11 is 0. The molecule has 1 fully saturated rings. The van der Waals surface area contributed by atoms with Crippen LogP contribution in [0.1, 0.15) is 37.7 Å². The van der Waals surface area contributed by atoms with Gasteiger partial charge in [-0.3, -0.25) is 0 Å². The molecule has 0 aromatic heterocycles. The van der Waals surface area contributed by atoms with E-state index in [-0.39, 0.29) is 5.82 Å². The quantitative estimate of drug-likeness (QED) is 0.826. The Balaban J connectivity index is 1.79. The molecule has 1 aliphatic rings. The molecule has 1 aromatic carbocycles. The Bertz CT molecular complexity index is 299. The second-order valence-corrected chi connectivity index (χ2v) is 4.67. The number of benzene rings is 1. The standard InChI is InChI=1S/C14H20FN/c15-13-8-5-12(6-9-13)7-10-14-4-2-1-3-11-16-14/h5-6,8-9,14,16H,1-4,7,10-11H2. The Morgan fingerprint density at radius 2 is 1.94 bits per heavy atom. The van der Waals surface area contributed by atoms with Crippen LogP contribution in [-0.2, 0) is 6.42 Å². The maximum atomic E-state index is 12.7. The molecule has 1 unspecified atom stereocenters. The first-order valence-electron chi connectivity index (χ1n) is 6.32. The Hall–Kier alpha value is -0.890. The van der Waals surface area contributed by atoms with Gasteiger partial charge in [-0.1, -0.05) is 25.0 Å². The van der Waals surface area contributed by atoms with E-state index in [4.69, 9.17) is 0 Å². The first-order valence-corrected chi connectivity index (χ1v) is 6.32. The van der Waals surface area contributed by atoms with Gasteiger partial charge in [0.2, 0.25) is 0 Å². The highest BCUT2D eigenvalue weighted by molar-refractivity contribution is 5.16. The van der Waals surface area contributed by atoms with Gasteiger partial charge in [-0.15, -0.1) is 0 Å². The van der Waals surface area contributed by atoms with Crippen LogP contribution in [0.25, 0.3) is 0 Å². The van der Waals surface area contributed by atoms with Gasteiger partial charge < -0.3 is 5.32 Å². The van der Waals surface area contributed by atoms with Crippen molar-refractivity contribution in [2.75, 3.05) is 6.54 Å². The second-order valence-electron chi connectivity index (χ2n) is 4.67. The van der Waals surface area contributed by atoms with Crippen molar-refractivity contribution >= 4 is 0 Å². The zero-order chi connectivity index (χ0) is 11.2. The summed E-state index contributed by atoms with van der Waals surface area (Å²) in [4.78, 5) is 0. The minimum atomic E-state index is -0.142. The Morgan fingerprint density at radius 3 is 2.75 bits per heavy atom. The summed E-state index contributed by atoms with van der Waals surface area (Å²) in [5.74, 6) is -0.142. The SMILES string of the molecule is Fc1ccc(CCC2CCCCCN2)cc1. The molecule has 2 rings (SSSR count). The highest BCUT2D eigenvalue weighted by Crippen LogP contribution is 2.14. The molecule has 1 saturated heterocycles. The molecular formula is C14H20FN. The van der Waals surface area contributed by atoms with Crippen LogP contribution in [0.3, 0.4) is 0 Å². The molecule has 0 amide bonds. The van der Waals surface area contributed by atoms with Crippen molar-refractivity contribution in [3.63, 3.8) is 0 Å². The molecule has 1 aromatic rings. The van der Waals surface area contributed by atoms with Crippen molar-refractivity contribution in [2.24, 2.45) is 0 Å². The van der Waals surface area contributed by atoms with Crippen molar-refractivity contribution in [1.29, 1.82) is 0 Å². The molecule has 0 radical (unpaired) electrons. The average Bonchev–Trinajstić information content (AvgIpc) is 2.57. The van der Waals surface area contributed by atoms with Crippen LogP contribution in [0.5, 0.6) is 0 Å². The zero-order valence-electron chi connectivity index (χ0n) is 9.71. The fourth-order valence-electron chi connectivity index (χ4n) is 2.34. The number of halogens is 1. The molecule has 1 atom stereocenters. The normalized spacial score (nSPS) is 21.7. The molecule has 1 aliphatic heterocycles. The highest BCUT2D eigenvalue weighted by atomic mass is 19.1. The number of hydrogen-bond donors (Lipinski definition) is 1. The summed E-state index contributed by atoms with van der Waals surface area (Å²) in [6.45, 7) is 1.16. The molecular weight excluding hydrogens is 201 g/mol. The van der Waals surface area contributed by atoms with Gasteiger partial charge >= 0.3 is 0 Å². The van der Waals surface area contributed by atoms with E-state index in [9.17, 15) is 4.39 Å². The molecule has 1 heterocycles. The smallest absolute Gasteiger partial charge is 0.123 e. The maximum Gasteiger partial charge on any atom is 0.123 e. The zero-order valence-corrected chi connectivity index (χ0v) is 9.71. The average molecular weight is 221 g/mol. The van der Waals surface area contributed by atoms with Crippen LogP contribution in [0.4, 0.5) is 4.39 Å². The van der Waals surface area contributed by atoms with E-state index in [2.05, 4.69) is 5.32 Å². The molecule has 88 valence electrons. The number of nitrogens with one attached hydrogen (secondary N) is 1. The van der Waals surface area contributed by atoms with Gasteiger partial charge in [0.15, 0.2) is 0 Å². The Morgan fingerprint density at radius 1 is 1.12 bits per heavy atom. The summed E-state index contributed by atoms with van der Waals surface area (Å²) in [6.07, 6.45) is 7.54. The fourth-order valence-corrected chi connectivity index (χ4v) is 2.34. The second kappa shape index (κ2) is 6.00. The van der Waals surface area contributed by atoms with Crippen LogP contribution in [0.15, 0.2) is 24.3 Å². The van der Waals surface area contributed by atoms with E-state index in [1.54, 1.807) is 12.1 Å². The van der Waals surface area contributed by atoms with E-state index in [0.29, 0.717) is 6.04 Å². The summed E-state index contributed by atoms with van der Waals surface area (Å²) in [6, 6.07) is 7.55. The third kappa shape index (κ3) is 3.60. The predicted molar refractivity (Wildman–Crippen MR) is 65.0 cm³/mol. The lowest BCUT2D eigenvalue weighted by Crippen LogP contribution is -2.28. The first-order chi connectivity index (χ1) is 7.84. The third-order valence-electron chi connectivity index (χ3n) is 3.36. The van der Waals surface area contributed by atoms with Crippen molar-refractivity contribution in [1.82, 2.24) is 5.32 Å². The lowest BCUT2D eigenvalue weighted by molar-refractivity contribution is 0.478. The van der Waals surface area contributed by atoms with Crippen molar-refractivity contribution < 1.29 is 4.39 Å². The fraction of sp³-hybridized carbons (Fsp3) is 0.571. The lowest BCUT2D eigenvalue weighted by Gasteiger charge is -2.15. The molecule has 2 heteroatoms. The first kappa shape index (κ1) is 11.6. The van der Waals surface area contributed by atoms with Gasteiger partial charge in [-0.25, -0.2) is 4.39 Å². The monoisotopic (exact) mass is 221 g/mol. The Labute approximate surface area is 97.1 Å². The highest BCUT2D eigenvalue weighted by Gasteiger charge is 2.10. The Kier molecular flexibility index (Phi) is 4.34. The summed E-state index contributed by atoms with van der Waals surface area (Å²) in [5.41, 5.74) is 1.24. The van der Waals surface area contributed by atoms with Crippen molar-refractivity contribution in [3.8, 4) is 0 Å². The third-order valence-corrected chi connectivity index (χ3v) is 3.36. The van der Waals surface area contributed by atoms with Crippen molar-refractivity contribution in [2.45, 2.75) is 44.6 Å². The summed E-state index contributed by atoms with van der Waals surface area (Å²) in [7, 11) is 0. The van der Waals surface area contributed by atoms with Crippen molar-refractivity contribution in [3.05, 3.63) is 35.6 Å². The minimum absolute atomic E-state index is 0.142. The van der Waals surface area contributed by atoms with Crippen LogP contribution >= 0.6 is 0 Å². The van der Waals surface area contributed by atoms with Crippen LogP contribution in [-0.4, -0.2) is 12.6 Å². The molecule has 0 saturated carbocycles. The number of hydrogen-bond acceptors (Lipinski definition) is 1. The lowest BCUT2D eigenvalue weighted by atomic mass is 10.0. The molecule has 0 bridgehead atoms. The van der Waals surface area contributed by atoms with Gasteiger partial charge in [0.05, 0.1) is 0 Å². The molecule has 16 heavy (non-hydrogen) atoms.